The first-order chi connectivity index (χ1) is 14.6. The van der Waals surface area contributed by atoms with Crippen molar-refractivity contribution >= 4 is 11.0 Å². The molecule has 1 heterocycles. The normalized spacial score (nSPS) is 12.1. The van der Waals surface area contributed by atoms with E-state index in [1.54, 1.807) is 0 Å². The fourth-order valence-corrected chi connectivity index (χ4v) is 3.38. The zero-order valence-electron chi connectivity index (χ0n) is 17.3. The molecule has 0 amide bonds. The Bertz CT molecular complexity index is 1120. The number of benzene rings is 3. The standard InChI is InChI=1S/C25H26N2O3/c1-18-10-12-21(13-11-18)29-16-20(28)15-27-24-9-4-3-8-23(24)26-25(27)17-30-22-7-5-6-19(2)14-22/h3-14,20,28H,15-17H2,1-2H3/t20-/m0/s1. The summed E-state index contributed by atoms with van der Waals surface area (Å²) in [6.07, 6.45) is -0.679. The van der Waals surface area contributed by atoms with Gasteiger partial charge in [0.2, 0.25) is 0 Å². The lowest BCUT2D eigenvalue weighted by Gasteiger charge is -2.16. The molecule has 5 heteroatoms. The molecule has 5 nitrogen and oxygen atoms in total. The minimum atomic E-state index is -0.679. The molecular weight excluding hydrogens is 376 g/mol. The second kappa shape index (κ2) is 9.01. The van der Waals surface area contributed by atoms with Gasteiger partial charge in [-0.3, -0.25) is 0 Å². The zero-order chi connectivity index (χ0) is 20.9. The van der Waals surface area contributed by atoms with E-state index in [2.05, 4.69) is 0 Å². The molecule has 1 aromatic heterocycles. The van der Waals surface area contributed by atoms with Crippen LogP contribution in [0.1, 0.15) is 17.0 Å². The highest BCUT2D eigenvalue weighted by Gasteiger charge is 2.15. The second-order valence-corrected chi connectivity index (χ2v) is 7.51. The van der Waals surface area contributed by atoms with Gasteiger partial charge in [0, 0.05) is 0 Å². The Balaban J connectivity index is 1.48. The third-order valence-corrected chi connectivity index (χ3v) is 4.95. The van der Waals surface area contributed by atoms with Crippen LogP contribution in [-0.2, 0) is 13.2 Å². The Hall–Kier alpha value is -3.31. The van der Waals surface area contributed by atoms with Crippen LogP contribution in [0.3, 0.4) is 0 Å². The molecule has 0 aliphatic rings. The molecule has 0 aliphatic heterocycles. The van der Waals surface area contributed by atoms with Gasteiger partial charge < -0.3 is 19.1 Å². The predicted molar refractivity (Wildman–Crippen MR) is 118 cm³/mol. The first-order valence-electron chi connectivity index (χ1n) is 10.1. The zero-order valence-corrected chi connectivity index (χ0v) is 17.3. The smallest absolute Gasteiger partial charge is 0.148 e. The summed E-state index contributed by atoms with van der Waals surface area (Å²) in [5.41, 5.74) is 4.16. The van der Waals surface area contributed by atoms with E-state index in [4.69, 9.17) is 14.5 Å². The van der Waals surface area contributed by atoms with Crippen LogP contribution in [0.2, 0.25) is 0 Å². The largest absolute Gasteiger partial charge is 0.491 e. The molecule has 1 atom stereocenters. The maximum Gasteiger partial charge on any atom is 0.148 e. The molecule has 0 saturated carbocycles. The van der Waals surface area contributed by atoms with Crippen molar-refractivity contribution in [3.05, 3.63) is 89.7 Å². The van der Waals surface area contributed by atoms with Gasteiger partial charge in [-0.1, -0.05) is 42.0 Å². The molecule has 0 fully saturated rings. The minimum Gasteiger partial charge on any atom is -0.491 e. The van der Waals surface area contributed by atoms with Crippen molar-refractivity contribution < 1.29 is 14.6 Å². The third-order valence-electron chi connectivity index (χ3n) is 4.95. The van der Waals surface area contributed by atoms with Gasteiger partial charge in [0.1, 0.15) is 36.6 Å². The van der Waals surface area contributed by atoms with Gasteiger partial charge in [-0.25, -0.2) is 4.98 Å². The van der Waals surface area contributed by atoms with Gasteiger partial charge in [-0.15, -0.1) is 0 Å². The number of ether oxygens (including phenoxy) is 2. The molecule has 154 valence electrons. The number of aryl methyl sites for hydroxylation is 2. The molecule has 0 bridgehead atoms. The van der Waals surface area contributed by atoms with Gasteiger partial charge in [0.05, 0.1) is 17.6 Å². The van der Waals surface area contributed by atoms with Crippen LogP contribution in [0.15, 0.2) is 72.8 Å². The van der Waals surface area contributed by atoms with Crippen LogP contribution in [-0.4, -0.2) is 27.4 Å². The quantitative estimate of drug-likeness (QED) is 0.465. The maximum absolute atomic E-state index is 10.6. The van der Waals surface area contributed by atoms with E-state index in [1.807, 2.05) is 91.2 Å². The Morgan fingerprint density at radius 3 is 2.47 bits per heavy atom. The van der Waals surface area contributed by atoms with Crippen LogP contribution in [0, 0.1) is 13.8 Å². The van der Waals surface area contributed by atoms with E-state index in [0.29, 0.717) is 13.2 Å². The van der Waals surface area contributed by atoms with E-state index in [-0.39, 0.29) is 6.61 Å². The molecule has 0 spiro atoms. The van der Waals surface area contributed by atoms with E-state index in [1.165, 1.54) is 5.56 Å². The Morgan fingerprint density at radius 1 is 0.867 bits per heavy atom. The van der Waals surface area contributed by atoms with Crippen LogP contribution in [0.5, 0.6) is 11.5 Å². The van der Waals surface area contributed by atoms with E-state index < -0.39 is 6.10 Å². The fraction of sp³-hybridized carbons (Fsp3) is 0.240. The highest BCUT2D eigenvalue weighted by Crippen LogP contribution is 2.20. The summed E-state index contributed by atoms with van der Waals surface area (Å²) >= 11 is 0. The minimum absolute atomic E-state index is 0.202. The molecule has 0 aliphatic carbocycles. The maximum atomic E-state index is 10.6. The average Bonchev–Trinajstić information content (AvgIpc) is 3.09. The number of hydrogen-bond acceptors (Lipinski definition) is 4. The molecular formula is C25H26N2O3. The SMILES string of the molecule is Cc1ccc(OC[C@@H](O)Cn2c(COc3cccc(C)c3)nc3ccccc32)cc1. The molecule has 4 aromatic rings. The van der Waals surface area contributed by atoms with Crippen LogP contribution < -0.4 is 9.47 Å². The Labute approximate surface area is 176 Å². The molecule has 30 heavy (non-hydrogen) atoms. The summed E-state index contributed by atoms with van der Waals surface area (Å²) in [7, 11) is 0. The number of aliphatic hydroxyl groups is 1. The van der Waals surface area contributed by atoms with Crippen LogP contribution in [0.4, 0.5) is 0 Å². The third kappa shape index (κ3) is 4.81. The summed E-state index contributed by atoms with van der Waals surface area (Å²) in [5, 5.41) is 10.6. The van der Waals surface area contributed by atoms with Crippen LogP contribution in [0.25, 0.3) is 11.0 Å². The van der Waals surface area contributed by atoms with E-state index >= 15 is 0 Å². The number of aliphatic hydroxyl groups excluding tert-OH is 1. The summed E-state index contributed by atoms with van der Waals surface area (Å²) in [6.45, 7) is 4.96. The lowest BCUT2D eigenvalue weighted by molar-refractivity contribution is 0.0917. The first-order valence-corrected chi connectivity index (χ1v) is 10.1. The second-order valence-electron chi connectivity index (χ2n) is 7.51. The van der Waals surface area contributed by atoms with Crippen LogP contribution >= 0.6 is 0 Å². The highest BCUT2D eigenvalue weighted by molar-refractivity contribution is 5.75. The van der Waals surface area contributed by atoms with Crippen molar-refractivity contribution in [3.63, 3.8) is 0 Å². The van der Waals surface area contributed by atoms with Gasteiger partial charge in [-0.05, 0) is 55.8 Å². The Kier molecular flexibility index (Phi) is 6.00. The van der Waals surface area contributed by atoms with Crippen molar-refractivity contribution in [2.75, 3.05) is 6.61 Å². The monoisotopic (exact) mass is 402 g/mol. The molecule has 3 aromatic carbocycles. The predicted octanol–water partition coefficient (Wildman–Crippen LogP) is 4.67. The summed E-state index contributed by atoms with van der Waals surface area (Å²) < 4.78 is 13.7. The number of imidazole rings is 1. The van der Waals surface area contributed by atoms with Crippen molar-refractivity contribution in [2.45, 2.75) is 33.1 Å². The molecule has 4 rings (SSSR count). The Morgan fingerprint density at radius 2 is 1.67 bits per heavy atom. The molecule has 1 N–H and O–H groups in total. The highest BCUT2D eigenvalue weighted by atomic mass is 16.5. The lowest BCUT2D eigenvalue weighted by atomic mass is 10.2. The van der Waals surface area contributed by atoms with Crippen molar-refractivity contribution in [1.82, 2.24) is 9.55 Å². The summed E-state index contributed by atoms with van der Waals surface area (Å²) in [4.78, 5) is 4.72. The van der Waals surface area contributed by atoms with Gasteiger partial charge in [0.25, 0.3) is 0 Å². The topological polar surface area (TPSA) is 56.5 Å². The van der Waals surface area contributed by atoms with Crippen molar-refractivity contribution in [3.8, 4) is 11.5 Å². The summed E-state index contributed by atoms with van der Waals surface area (Å²) in [5.74, 6) is 2.32. The number of nitrogens with zero attached hydrogens (tertiary/aromatic N) is 2. The van der Waals surface area contributed by atoms with Gasteiger partial charge in [0.15, 0.2) is 0 Å². The van der Waals surface area contributed by atoms with Gasteiger partial charge >= 0.3 is 0 Å². The van der Waals surface area contributed by atoms with E-state index in [9.17, 15) is 5.11 Å². The molecule has 0 radical (unpaired) electrons. The number of aromatic nitrogens is 2. The van der Waals surface area contributed by atoms with Crippen molar-refractivity contribution in [2.24, 2.45) is 0 Å². The molecule has 0 unspecified atom stereocenters. The van der Waals surface area contributed by atoms with Crippen molar-refractivity contribution in [1.29, 1.82) is 0 Å². The summed E-state index contributed by atoms with van der Waals surface area (Å²) in [6, 6.07) is 23.7. The number of hydrogen-bond donors (Lipinski definition) is 1. The van der Waals surface area contributed by atoms with E-state index in [0.717, 1.165) is 33.9 Å². The van der Waals surface area contributed by atoms with Gasteiger partial charge in [-0.2, -0.15) is 0 Å². The number of rotatable bonds is 8. The number of fused-ring (bicyclic) bond motifs is 1. The first kappa shape index (κ1) is 20.0. The molecule has 0 saturated heterocycles. The average molecular weight is 402 g/mol. The lowest BCUT2D eigenvalue weighted by Crippen LogP contribution is -2.25. The fourth-order valence-electron chi connectivity index (χ4n) is 3.38. The number of para-hydroxylation sites is 2.